The van der Waals surface area contributed by atoms with Gasteiger partial charge in [0.2, 0.25) is 6.10 Å². The van der Waals surface area contributed by atoms with E-state index in [1.54, 1.807) is 66.7 Å². The van der Waals surface area contributed by atoms with Crippen LogP contribution in [0.2, 0.25) is 15.1 Å². The van der Waals surface area contributed by atoms with Crippen LogP contribution in [0.1, 0.15) is 22.0 Å². The Morgan fingerprint density at radius 3 is 2.23 bits per heavy atom. The molecule has 4 nitrogen and oxygen atoms in total. The predicted molar refractivity (Wildman–Crippen MR) is 123 cm³/mol. The first-order valence-corrected chi connectivity index (χ1v) is 11.1. The second kappa shape index (κ2) is 10.2. The van der Waals surface area contributed by atoms with Crippen molar-refractivity contribution in [1.82, 2.24) is 0 Å². The van der Waals surface area contributed by atoms with Crippen LogP contribution in [0.3, 0.4) is 0 Å². The summed E-state index contributed by atoms with van der Waals surface area (Å²) in [4.78, 5) is 26.7. The van der Waals surface area contributed by atoms with Crippen molar-refractivity contribution in [2.75, 3.05) is 11.6 Å². The molecule has 0 heterocycles. The maximum absolute atomic E-state index is 13.0. The average Bonchev–Trinajstić information content (AvgIpc) is 2.72. The average molecular weight is 481 g/mol. The number of carbonyl (C=O) groups excluding carboxylic acids is 2. The molecule has 1 amide bonds. The van der Waals surface area contributed by atoms with Crippen LogP contribution in [0, 0.1) is 0 Å². The van der Waals surface area contributed by atoms with Crippen LogP contribution in [0.5, 0.6) is 0 Å². The molecule has 0 spiro atoms. The summed E-state index contributed by atoms with van der Waals surface area (Å²) < 4.78 is 5.59. The quantitative estimate of drug-likeness (QED) is 0.308. The van der Waals surface area contributed by atoms with Crippen LogP contribution < -0.4 is 5.32 Å². The first kappa shape index (κ1) is 22.5. The number of nitrogens with one attached hydrogen (secondary N) is 1. The van der Waals surface area contributed by atoms with Crippen molar-refractivity contribution in [2.45, 2.75) is 11.0 Å². The van der Waals surface area contributed by atoms with Crippen LogP contribution in [0.4, 0.5) is 5.69 Å². The molecule has 154 valence electrons. The summed E-state index contributed by atoms with van der Waals surface area (Å²) in [5, 5.41) is 3.67. The van der Waals surface area contributed by atoms with E-state index in [0.29, 0.717) is 21.3 Å². The van der Waals surface area contributed by atoms with E-state index in [0.717, 1.165) is 4.90 Å². The summed E-state index contributed by atoms with van der Waals surface area (Å²) in [6.45, 7) is 0. The van der Waals surface area contributed by atoms with Crippen LogP contribution in [0.25, 0.3) is 0 Å². The maximum atomic E-state index is 13.0. The van der Waals surface area contributed by atoms with E-state index in [2.05, 4.69) is 5.32 Å². The zero-order valence-corrected chi connectivity index (χ0v) is 18.8. The summed E-state index contributed by atoms with van der Waals surface area (Å²) in [7, 11) is 0. The number of anilines is 1. The largest absolute Gasteiger partial charge is 0.444 e. The molecule has 0 unspecified atom stereocenters. The molecule has 8 heteroatoms. The Hall–Kier alpha value is -2.18. The lowest BCUT2D eigenvalue weighted by molar-refractivity contribution is -0.125. The standard InChI is InChI=1S/C22H16Cl3NO3S/c1-30-17-7-8-19(25)18(12-17)22(28)29-20(13-5-3-2-4-6-13)21(27)26-16-10-14(23)9-15(24)11-16/h2-12,20H,1H3,(H,26,27)/t20-/m0/s1. The monoisotopic (exact) mass is 479 g/mol. The highest BCUT2D eigenvalue weighted by Crippen LogP contribution is 2.28. The minimum Gasteiger partial charge on any atom is -0.444 e. The summed E-state index contributed by atoms with van der Waals surface area (Å²) in [5.41, 5.74) is 1.08. The van der Waals surface area contributed by atoms with Gasteiger partial charge in [-0.05, 0) is 42.7 Å². The molecule has 0 saturated heterocycles. The van der Waals surface area contributed by atoms with Crippen molar-refractivity contribution >= 4 is 64.1 Å². The smallest absolute Gasteiger partial charge is 0.340 e. The van der Waals surface area contributed by atoms with Crippen molar-refractivity contribution in [1.29, 1.82) is 0 Å². The molecule has 0 aliphatic heterocycles. The first-order chi connectivity index (χ1) is 14.4. The van der Waals surface area contributed by atoms with E-state index in [1.165, 1.54) is 11.8 Å². The van der Waals surface area contributed by atoms with Gasteiger partial charge in [-0.1, -0.05) is 65.1 Å². The Bertz CT molecular complexity index is 1060. The molecule has 0 aliphatic carbocycles. The summed E-state index contributed by atoms with van der Waals surface area (Å²) in [6.07, 6.45) is 0.680. The van der Waals surface area contributed by atoms with Crippen LogP contribution in [-0.2, 0) is 9.53 Å². The molecule has 0 aromatic heterocycles. The molecule has 0 bridgehead atoms. The molecule has 0 aliphatic rings. The molecule has 1 atom stereocenters. The van der Waals surface area contributed by atoms with Gasteiger partial charge in [0.1, 0.15) is 0 Å². The Morgan fingerprint density at radius 1 is 0.933 bits per heavy atom. The van der Waals surface area contributed by atoms with Crippen molar-refractivity contribution < 1.29 is 14.3 Å². The van der Waals surface area contributed by atoms with E-state index in [4.69, 9.17) is 39.5 Å². The third-order valence-electron chi connectivity index (χ3n) is 4.09. The first-order valence-electron chi connectivity index (χ1n) is 8.74. The number of esters is 1. The van der Waals surface area contributed by atoms with Crippen molar-refractivity contribution in [3.05, 3.63) is 92.9 Å². The minimum atomic E-state index is -1.20. The number of halogens is 3. The van der Waals surface area contributed by atoms with Crippen molar-refractivity contribution in [3.8, 4) is 0 Å². The fourth-order valence-corrected chi connectivity index (χ4v) is 3.85. The lowest BCUT2D eigenvalue weighted by Gasteiger charge is -2.19. The topological polar surface area (TPSA) is 55.4 Å². The number of ether oxygens (including phenoxy) is 1. The fourth-order valence-electron chi connectivity index (χ4n) is 2.69. The Kier molecular flexibility index (Phi) is 7.67. The number of rotatable bonds is 6. The molecule has 0 saturated carbocycles. The summed E-state index contributed by atoms with van der Waals surface area (Å²) >= 11 is 19.7. The Balaban J connectivity index is 1.89. The van der Waals surface area contributed by atoms with Gasteiger partial charge < -0.3 is 10.1 Å². The third-order valence-corrected chi connectivity index (χ3v) is 5.58. The third kappa shape index (κ3) is 5.70. The molecule has 3 rings (SSSR count). The van der Waals surface area contributed by atoms with E-state index in [1.807, 2.05) is 6.26 Å². The van der Waals surface area contributed by atoms with Gasteiger partial charge in [-0.15, -0.1) is 11.8 Å². The van der Waals surface area contributed by atoms with Crippen LogP contribution in [0.15, 0.2) is 71.6 Å². The van der Waals surface area contributed by atoms with Gasteiger partial charge in [-0.2, -0.15) is 0 Å². The molecule has 1 N–H and O–H groups in total. The zero-order valence-electron chi connectivity index (χ0n) is 15.7. The van der Waals surface area contributed by atoms with Gasteiger partial charge >= 0.3 is 5.97 Å². The number of carbonyl (C=O) groups is 2. The summed E-state index contributed by atoms with van der Waals surface area (Å²) in [6, 6.07) is 18.4. The predicted octanol–water partition coefficient (Wildman–Crippen LogP) is 6.91. The van der Waals surface area contributed by atoms with Crippen LogP contribution >= 0.6 is 46.6 Å². The summed E-state index contributed by atoms with van der Waals surface area (Å²) in [5.74, 6) is -1.26. The van der Waals surface area contributed by atoms with E-state index in [9.17, 15) is 9.59 Å². The number of amides is 1. The molecule has 0 fully saturated rings. The number of hydrogen-bond donors (Lipinski definition) is 1. The normalized spacial score (nSPS) is 11.6. The van der Waals surface area contributed by atoms with Gasteiger partial charge in [0.05, 0.1) is 10.6 Å². The Morgan fingerprint density at radius 2 is 1.60 bits per heavy atom. The lowest BCUT2D eigenvalue weighted by Crippen LogP contribution is -2.26. The van der Waals surface area contributed by atoms with Crippen LogP contribution in [-0.4, -0.2) is 18.1 Å². The molecular weight excluding hydrogens is 465 g/mol. The van der Waals surface area contributed by atoms with Gasteiger partial charge in [-0.3, -0.25) is 4.79 Å². The highest BCUT2D eigenvalue weighted by Gasteiger charge is 2.27. The van der Waals surface area contributed by atoms with Gasteiger partial charge in [0.25, 0.3) is 5.91 Å². The van der Waals surface area contributed by atoms with Gasteiger partial charge in [0.15, 0.2) is 0 Å². The molecule has 30 heavy (non-hydrogen) atoms. The minimum absolute atomic E-state index is 0.183. The number of thioether (sulfide) groups is 1. The maximum Gasteiger partial charge on any atom is 0.340 e. The molecular formula is C22H16Cl3NO3S. The van der Waals surface area contributed by atoms with E-state index in [-0.39, 0.29) is 10.6 Å². The highest BCUT2D eigenvalue weighted by atomic mass is 35.5. The number of hydrogen-bond acceptors (Lipinski definition) is 4. The highest BCUT2D eigenvalue weighted by molar-refractivity contribution is 7.98. The molecule has 0 radical (unpaired) electrons. The Labute approximate surface area is 193 Å². The molecule has 3 aromatic rings. The van der Waals surface area contributed by atoms with Crippen molar-refractivity contribution in [2.24, 2.45) is 0 Å². The fraction of sp³-hybridized carbons (Fsp3) is 0.0909. The zero-order chi connectivity index (χ0) is 21.7. The second-order valence-corrected chi connectivity index (χ2v) is 8.35. The van der Waals surface area contributed by atoms with E-state index >= 15 is 0 Å². The second-order valence-electron chi connectivity index (χ2n) is 6.19. The molecule has 3 aromatic carbocycles. The van der Waals surface area contributed by atoms with Crippen molar-refractivity contribution in [3.63, 3.8) is 0 Å². The van der Waals surface area contributed by atoms with E-state index < -0.39 is 18.0 Å². The van der Waals surface area contributed by atoms with Gasteiger partial charge in [0, 0.05) is 26.2 Å². The van der Waals surface area contributed by atoms with Gasteiger partial charge in [-0.25, -0.2) is 4.79 Å². The number of benzene rings is 3. The SMILES string of the molecule is CSc1ccc(Cl)c(C(=O)O[C@H](C(=O)Nc2cc(Cl)cc(Cl)c2)c2ccccc2)c1. The lowest BCUT2D eigenvalue weighted by atomic mass is 10.1.